The number of rotatable bonds is 6. The smallest absolute Gasteiger partial charge is 0.407 e. The fourth-order valence-electron chi connectivity index (χ4n) is 5.57. The molecule has 3 aliphatic rings. The van der Waals surface area contributed by atoms with Crippen LogP contribution in [0.25, 0.3) is 5.57 Å². The highest BCUT2D eigenvalue weighted by Gasteiger charge is 2.41. The molecule has 0 unspecified atom stereocenters. The van der Waals surface area contributed by atoms with Crippen LogP contribution in [0.5, 0.6) is 0 Å². The second-order valence-corrected chi connectivity index (χ2v) is 11.5. The molecule has 2 atom stereocenters. The first-order valence-corrected chi connectivity index (χ1v) is 14.4. The third-order valence-electron chi connectivity index (χ3n) is 7.46. The highest BCUT2D eigenvalue weighted by Crippen LogP contribution is 2.46. The van der Waals surface area contributed by atoms with Gasteiger partial charge in [-0.1, -0.05) is 17.7 Å². The second-order valence-electron chi connectivity index (χ2n) is 10.2. The number of alkyl halides is 2. The first-order valence-electron chi connectivity index (χ1n) is 13.2. The molecule has 1 aliphatic carbocycles. The molecule has 0 radical (unpaired) electrons. The van der Waals surface area contributed by atoms with Gasteiger partial charge < -0.3 is 20.1 Å². The molecule has 41 heavy (non-hydrogen) atoms. The van der Waals surface area contributed by atoms with E-state index >= 15 is 0 Å². The fraction of sp³-hybridized carbons (Fsp3) is 0.407. The second kappa shape index (κ2) is 11.5. The third-order valence-corrected chi connectivity index (χ3v) is 8.56. The Balaban J connectivity index is 1.38. The maximum atomic E-state index is 14.0. The first-order chi connectivity index (χ1) is 19.8. The number of amides is 1. The van der Waals surface area contributed by atoms with Crippen LogP contribution < -0.4 is 5.32 Å². The molecule has 14 heteroatoms. The molecule has 9 nitrogen and oxygen atoms in total. The van der Waals surface area contributed by atoms with Gasteiger partial charge in [-0.3, -0.25) is 4.99 Å². The molecule has 2 aromatic heterocycles. The Kier molecular flexibility index (Phi) is 7.75. The Morgan fingerprint density at radius 3 is 2.71 bits per heavy atom. The van der Waals surface area contributed by atoms with Gasteiger partial charge in [-0.25, -0.2) is 18.9 Å². The molecule has 4 heterocycles. The van der Waals surface area contributed by atoms with Crippen molar-refractivity contribution in [3.05, 3.63) is 74.8 Å². The average Bonchev–Trinajstić information content (AvgIpc) is 3.70. The van der Waals surface area contributed by atoms with Crippen LogP contribution in [0.1, 0.15) is 61.0 Å². The zero-order valence-corrected chi connectivity index (χ0v) is 23.2. The van der Waals surface area contributed by atoms with E-state index in [1.807, 2.05) is 10.3 Å². The van der Waals surface area contributed by atoms with Gasteiger partial charge in [0.1, 0.15) is 18.0 Å². The molecule has 1 aromatic carbocycles. The number of benzene rings is 1. The molecule has 2 N–H and O–H groups in total. The highest BCUT2D eigenvalue weighted by atomic mass is 35.5. The number of nitrogens with one attached hydrogen (secondary N) is 1. The van der Waals surface area contributed by atoms with Crippen LogP contribution in [0.2, 0.25) is 5.02 Å². The third kappa shape index (κ3) is 5.70. The molecule has 1 saturated heterocycles. The van der Waals surface area contributed by atoms with Crippen LogP contribution in [0.15, 0.2) is 52.7 Å². The van der Waals surface area contributed by atoms with Crippen molar-refractivity contribution >= 4 is 40.4 Å². The van der Waals surface area contributed by atoms with Crippen molar-refractivity contribution in [2.45, 2.75) is 62.9 Å². The van der Waals surface area contributed by atoms with Crippen molar-refractivity contribution in [3.8, 4) is 0 Å². The van der Waals surface area contributed by atoms with Crippen LogP contribution in [-0.4, -0.2) is 61.5 Å². The van der Waals surface area contributed by atoms with Crippen molar-refractivity contribution < 1.29 is 27.8 Å². The predicted molar refractivity (Wildman–Crippen MR) is 146 cm³/mol. The van der Waals surface area contributed by atoms with Crippen molar-refractivity contribution in [1.29, 1.82) is 0 Å². The predicted octanol–water partition coefficient (Wildman–Crippen LogP) is 5.54. The van der Waals surface area contributed by atoms with E-state index in [0.717, 1.165) is 0 Å². The maximum absolute atomic E-state index is 14.0. The Morgan fingerprint density at radius 2 is 2.02 bits per heavy atom. The number of hydrogen-bond donors (Lipinski definition) is 2. The van der Waals surface area contributed by atoms with E-state index in [2.05, 4.69) is 15.4 Å². The number of fused-ring (bicyclic) bond motifs is 1. The molecule has 2 fully saturated rings. The first kappa shape index (κ1) is 27.7. The minimum Gasteiger partial charge on any atom is -0.446 e. The summed E-state index contributed by atoms with van der Waals surface area (Å²) in [6, 6.07) is 4.26. The lowest BCUT2D eigenvalue weighted by atomic mass is 9.92. The number of aromatic nitrogens is 3. The van der Waals surface area contributed by atoms with Gasteiger partial charge in [0, 0.05) is 52.6 Å². The molecular weight excluding hydrogens is 581 g/mol. The summed E-state index contributed by atoms with van der Waals surface area (Å²) in [5.41, 5.74) is 1.98. The number of halogens is 4. The normalized spacial score (nSPS) is 24.4. The monoisotopic (exact) mass is 606 g/mol. The Bertz CT molecular complexity index is 1490. The highest BCUT2D eigenvalue weighted by molar-refractivity contribution is 7.11. The summed E-state index contributed by atoms with van der Waals surface area (Å²) >= 11 is 7.87. The van der Waals surface area contributed by atoms with Gasteiger partial charge in [-0.05, 0) is 43.9 Å². The number of aliphatic hydroxyl groups is 1. The van der Waals surface area contributed by atoms with E-state index in [-0.39, 0.29) is 22.9 Å². The summed E-state index contributed by atoms with van der Waals surface area (Å²) < 4.78 is 47.2. The minimum atomic E-state index is -2.84. The lowest BCUT2D eigenvalue weighted by Crippen LogP contribution is -2.41. The Morgan fingerprint density at radius 1 is 1.22 bits per heavy atom. The van der Waals surface area contributed by atoms with E-state index < -0.39 is 30.5 Å². The van der Waals surface area contributed by atoms with Gasteiger partial charge >= 0.3 is 12.6 Å². The number of amidine groups is 1. The number of ether oxygens (including phenoxy) is 1. The number of carbonyl (C=O) groups is 1. The van der Waals surface area contributed by atoms with Gasteiger partial charge in [0.25, 0.3) is 0 Å². The van der Waals surface area contributed by atoms with Crippen molar-refractivity contribution in [2.24, 2.45) is 4.99 Å². The molecule has 2 aliphatic heterocycles. The van der Waals surface area contributed by atoms with Crippen LogP contribution in [-0.2, 0) is 4.74 Å². The summed E-state index contributed by atoms with van der Waals surface area (Å²) in [5.74, 6) is 0.00369. The average molecular weight is 607 g/mol. The van der Waals surface area contributed by atoms with Crippen LogP contribution in [0.4, 0.5) is 18.0 Å². The van der Waals surface area contributed by atoms with Crippen molar-refractivity contribution in [2.75, 3.05) is 6.54 Å². The number of aliphatic hydroxyl groups excluding tert-OH is 1. The molecule has 1 amide bonds. The summed E-state index contributed by atoms with van der Waals surface area (Å²) in [6.07, 6.45) is 4.31. The number of alkyl carbamates (subject to hydrolysis) is 1. The molecule has 1 saturated carbocycles. The van der Waals surface area contributed by atoms with Crippen LogP contribution in [0.3, 0.4) is 0 Å². The maximum Gasteiger partial charge on any atom is 0.407 e. The number of carbonyl (C=O) groups excluding carboxylic acids is 1. The number of hydrogen-bond acceptors (Lipinski definition) is 8. The van der Waals surface area contributed by atoms with Crippen LogP contribution in [0, 0.1) is 5.82 Å². The van der Waals surface area contributed by atoms with Gasteiger partial charge in [0.05, 0.1) is 17.8 Å². The summed E-state index contributed by atoms with van der Waals surface area (Å²) in [5, 5.41) is 19.4. The van der Waals surface area contributed by atoms with Crippen molar-refractivity contribution in [1.82, 2.24) is 25.0 Å². The Labute approximate surface area is 242 Å². The number of aliphatic imine (C=N–C) groups is 1. The minimum absolute atomic E-state index is 0.130. The molecule has 0 spiro atoms. The van der Waals surface area contributed by atoms with Crippen molar-refractivity contribution in [3.63, 3.8) is 0 Å². The van der Waals surface area contributed by atoms with Gasteiger partial charge in [0.2, 0.25) is 0 Å². The quantitative estimate of drug-likeness (QED) is 0.382. The van der Waals surface area contributed by atoms with E-state index in [9.17, 15) is 23.1 Å². The number of thiazole rings is 1. The topological polar surface area (TPSA) is 105 Å². The summed E-state index contributed by atoms with van der Waals surface area (Å²) in [7, 11) is 0. The fourth-order valence-corrected chi connectivity index (χ4v) is 6.48. The standard InChI is InChI=1S/C27H26ClF3N6O3S/c28-19-11-14(29)1-6-18(19)23-22(20-7-9-37(35-20)26(30)31)21-12-15(13-36(21)24(34-23)25-32-8-10-41-25)33-27(39)40-17-4-2-16(38)3-5-17/h1,6-11,15-17,23,26,38H,2-5,12-13H2,(H,33,39)/t15-,16-,17-,23-/m0/s1. The summed E-state index contributed by atoms with van der Waals surface area (Å²) in [6.45, 7) is -2.51. The number of nitrogens with zero attached hydrogens (tertiary/aromatic N) is 5. The lowest BCUT2D eigenvalue weighted by molar-refractivity contribution is 0.0331. The van der Waals surface area contributed by atoms with Crippen LogP contribution >= 0.6 is 22.9 Å². The zero-order valence-electron chi connectivity index (χ0n) is 21.6. The van der Waals surface area contributed by atoms with Gasteiger partial charge in [-0.15, -0.1) is 11.3 Å². The largest absolute Gasteiger partial charge is 0.446 e. The van der Waals surface area contributed by atoms with E-state index in [1.165, 1.54) is 41.8 Å². The molecule has 216 valence electrons. The van der Waals surface area contributed by atoms with E-state index in [0.29, 0.717) is 71.0 Å². The lowest BCUT2D eigenvalue weighted by Gasteiger charge is -2.32. The molecule has 6 rings (SSSR count). The molecular formula is C27H26ClF3N6O3S. The van der Waals surface area contributed by atoms with E-state index in [1.54, 1.807) is 6.20 Å². The molecule has 0 bridgehead atoms. The summed E-state index contributed by atoms with van der Waals surface area (Å²) in [4.78, 5) is 24.2. The molecule has 3 aromatic rings. The Hall–Kier alpha value is -3.42. The zero-order chi connectivity index (χ0) is 28.7. The van der Waals surface area contributed by atoms with Gasteiger partial charge in [-0.2, -0.15) is 13.9 Å². The van der Waals surface area contributed by atoms with E-state index in [4.69, 9.17) is 21.3 Å². The van der Waals surface area contributed by atoms with Gasteiger partial charge in [0.15, 0.2) is 10.8 Å². The SMILES string of the molecule is O=C(N[C@H]1CC2=C(c3ccn(C(F)F)n3)[C@H](c3ccc(F)cc3Cl)N=C(c3nccs3)N2C1)O[C@H]1CC[C@H](O)CC1.